The Hall–Kier alpha value is 0.200. The Balaban J connectivity index is 3.34. The fraction of sp³-hybridized carbons (Fsp3) is 0.667. The molecule has 0 spiro atoms. The molecule has 0 unspecified atom stereocenters. The Labute approximate surface area is 53.3 Å². The Kier molecular flexibility index (Phi) is 3.33. The molecule has 0 aromatic rings. The number of hydrogen-bond donors (Lipinski definition) is 2. The van der Waals surface area contributed by atoms with Crippen molar-refractivity contribution in [1.29, 1.82) is 0 Å². The van der Waals surface area contributed by atoms with Gasteiger partial charge >= 0.3 is 0 Å². The quantitative estimate of drug-likeness (QED) is 0.523. The molecule has 0 fully saturated rings. The van der Waals surface area contributed by atoms with Gasteiger partial charge in [-0.2, -0.15) is 12.6 Å². The van der Waals surface area contributed by atoms with Crippen LogP contribution in [0.5, 0.6) is 0 Å². The summed E-state index contributed by atoms with van der Waals surface area (Å²) in [6.45, 7) is 0. The van der Waals surface area contributed by atoms with Crippen LogP contribution >= 0.6 is 25.3 Å². The normalized spacial score (nSPS) is 13.4. The molecule has 0 aromatic heterocycles. The summed E-state index contributed by atoms with van der Waals surface area (Å²) in [5.41, 5.74) is 5.09. The number of thiol groups is 1. The second kappa shape index (κ2) is 3.23. The number of carbonyl (C=O) groups excluding carboxylic acids is 1. The van der Waals surface area contributed by atoms with Gasteiger partial charge < -0.3 is 5.73 Å². The molecule has 7 heavy (non-hydrogen) atoms. The number of nitrogens with two attached hydrogens (primary N) is 1. The highest BCUT2D eigenvalue weighted by Crippen LogP contribution is 1.87. The van der Waals surface area contributed by atoms with E-state index in [1.54, 1.807) is 0 Å². The third-order valence-corrected chi connectivity index (χ3v) is 1.20. The topological polar surface area (TPSA) is 43.1 Å². The first-order chi connectivity index (χ1) is 3.18. The molecule has 2 N–H and O–H groups in total. The zero-order valence-corrected chi connectivity index (χ0v) is 5.34. The predicted molar refractivity (Wildman–Crippen MR) is 34.4 cm³/mol. The van der Waals surface area contributed by atoms with E-state index in [1.807, 2.05) is 0 Å². The molecule has 0 amide bonds. The maximum atomic E-state index is 10.0. The van der Waals surface area contributed by atoms with E-state index < -0.39 is 11.2 Å². The number of hydrogen-bond acceptors (Lipinski definition) is 3. The molecule has 0 aliphatic heterocycles. The van der Waals surface area contributed by atoms with Gasteiger partial charge in [0.15, 0.2) is 0 Å². The van der Waals surface area contributed by atoms with E-state index in [0.29, 0.717) is 5.75 Å². The Morgan fingerprint density at radius 2 is 2.43 bits per heavy atom. The highest BCUT2D eigenvalue weighted by molar-refractivity contribution is 7.96. The Morgan fingerprint density at radius 1 is 2.00 bits per heavy atom. The van der Waals surface area contributed by atoms with Crippen LogP contribution in [-0.4, -0.2) is 16.9 Å². The van der Waals surface area contributed by atoms with Crippen LogP contribution in [0.3, 0.4) is 0 Å². The maximum absolute atomic E-state index is 10.0. The molecule has 0 aliphatic carbocycles. The van der Waals surface area contributed by atoms with Crippen molar-refractivity contribution in [3.63, 3.8) is 0 Å². The summed E-state index contributed by atoms with van der Waals surface area (Å²) in [6, 6.07) is -0.557. The van der Waals surface area contributed by atoms with Crippen molar-refractivity contribution in [2.45, 2.75) is 6.04 Å². The average Bonchev–Trinajstić information content (AvgIpc) is 1.65. The molecular formula is C3H6NOS2. The van der Waals surface area contributed by atoms with Gasteiger partial charge in [-0.05, 0) is 12.6 Å². The van der Waals surface area contributed by atoms with Gasteiger partial charge in [0.05, 0.1) is 6.04 Å². The largest absolute Gasteiger partial charge is 0.320 e. The van der Waals surface area contributed by atoms with Gasteiger partial charge in [0, 0.05) is 5.75 Å². The predicted octanol–water partition coefficient (Wildman–Crippen LogP) is -0.0324. The lowest BCUT2D eigenvalue weighted by molar-refractivity contribution is -0.111. The summed E-state index contributed by atoms with van der Waals surface area (Å²) in [6.07, 6.45) is 0. The monoisotopic (exact) mass is 136 g/mol. The lowest BCUT2D eigenvalue weighted by Gasteiger charge is -1.96. The molecule has 0 saturated carbocycles. The highest BCUT2D eigenvalue weighted by atomic mass is 32.1. The third-order valence-electron chi connectivity index (χ3n) is 0.499. The fourth-order valence-electron chi connectivity index (χ4n) is 0.0745. The van der Waals surface area contributed by atoms with Crippen LogP contribution in [0.2, 0.25) is 0 Å². The van der Waals surface area contributed by atoms with Gasteiger partial charge in [-0.25, -0.2) is 0 Å². The van der Waals surface area contributed by atoms with Crippen molar-refractivity contribution in [2.75, 3.05) is 5.75 Å². The van der Waals surface area contributed by atoms with Crippen LogP contribution in [-0.2, 0) is 4.79 Å². The number of carbonyl (C=O) groups is 1. The van der Waals surface area contributed by atoms with Crippen LogP contribution < -0.4 is 5.73 Å². The highest BCUT2D eigenvalue weighted by Gasteiger charge is 2.05. The first-order valence-electron chi connectivity index (χ1n) is 1.75. The van der Waals surface area contributed by atoms with Crippen molar-refractivity contribution in [1.82, 2.24) is 0 Å². The van der Waals surface area contributed by atoms with Crippen LogP contribution in [0.4, 0.5) is 0 Å². The SMILES string of the molecule is N[C@@H](CS)C(=O)[S]. The third kappa shape index (κ3) is 2.85. The van der Waals surface area contributed by atoms with E-state index in [2.05, 4.69) is 25.3 Å². The average molecular weight is 136 g/mol. The van der Waals surface area contributed by atoms with Gasteiger partial charge in [-0.1, -0.05) is 0 Å². The van der Waals surface area contributed by atoms with E-state index in [1.165, 1.54) is 0 Å². The molecule has 1 radical (unpaired) electrons. The molecule has 2 nitrogen and oxygen atoms in total. The molecule has 0 heterocycles. The summed E-state index contributed by atoms with van der Waals surface area (Å²) in [4.78, 5) is 10.0. The van der Waals surface area contributed by atoms with E-state index in [-0.39, 0.29) is 0 Å². The summed E-state index contributed by atoms with van der Waals surface area (Å²) in [5, 5.41) is -0.421. The zero-order chi connectivity index (χ0) is 5.86. The minimum atomic E-state index is -0.557. The summed E-state index contributed by atoms with van der Waals surface area (Å²) in [5.74, 6) is 0.336. The van der Waals surface area contributed by atoms with Crippen LogP contribution in [0.15, 0.2) is 0 Å². The first kappa shape index (κ1) is 7.20. The Bertz CT molecular complexity index is 75.3. The standard InChI is InChI=1S/C3H6NOS2/c4-2(1-6)3(5)7/h2,6H,1,4H2/t2-/m0/s1. The van der Waals surface area contributed by atoms with Crippen molar-refractivity contribution < 1.29 is 4.79 Å². The van der Waals surface area contributed by atoms with Crippen molar-refractivity contribution in [3.8, 4) is 0 Å². The molecule has 41 valence electrons. The van der Waals surface area contributed by atoms with Crippen LogP contribution in [0, 0.1) is 0 Å². The van der Waals surface area contributed by atoms with Crippen LogP contribution in [0.25, 0.3) is 0 Å². The maximum Gasteiger partial charge on any atom is 0.236 e. The summed E-state index contributed by atoms with van der Waals surface area (Å²) >= 11 is 7.93. The van der Waals surface area contributed by atoms with Gasteiger partial charge in [0.2, 0.25) is 5.12 Å². The smallest absolute Gasteiger partial charge is 0.236 e. The molecular weight excluding hydrogens is 130 g/mol. The second-order valence-corrected chi connectivity index (χ2v) is 1.88. The number of rotatable bonds is 2. The molecule has 0 rings (SSSR count). The van der Waals surface area contributed by atoms with Gasteiger partial charge in [0.25, 0.3) is 0 Å². The lowest BCUT2D eigenvalue weighted by Crippen LogP contribution is -2.28. The molecule has 0 bridgehead atoms. The van der Waals surface area contributed by atoms with E-state index in [9.17, 15) is 4.79 Å². The molecule has 0 aliphatic rings. The van der Waals surface area contributed by atoms with E-state index in [0.717, 1.165) is 0 Å². The van der Waals surface area contributed by atoms with Crippen molar-refractivity contribution in [2.24, 2.45) is 5.73 Å². The van der Waals surface area contributed by atoms with E-state index in [4.69, 9.17) is 5.73 Å². The minimum absolute atomic E-state index is 0.336. The lowest BCUT2D eigenvalue weighted by atomic mass is 10.4. The van der Waals surface area contributed by atoms with Crippen LogP contribution in [0.1, 0.15) is 0 Å². The van der Waals surface area contributed by atoms with Gasteiger partial charge in [0.1, 0.15) is 0 Å². The fourth-order valence-corrected chi connectivity index (χ4v) is 0.447. The van der Waals surface area contributed by atoms with Crippen molar-refractivity contribution >= 4 is 30.4 Å². The minimum Gasteiger partial charge on any atom is -0.320 e. The van der Waals surface area contributed by atoms with Crippen molar-refractivity contribution in [3.05, 3.63) is 0 Å². The zero-order valence-electron chi connectivity index (χ0n) is 3.63. The Morgan fingerprint density at radius 3 is 2.43 bits per heavy atom. The molecule has 0 saturated heterocycles. The molecule has 4 heteroatoms. The second-order valence-electron chi connectivity index (χ2n) is 1.11. The first-order valence-corrected chi connectivity index (χ1v) is 2.80. The molecule has 0 aromatic carbocycles. The molecule has 1 atom stereocenters. The summed E-state index contributed by atoms with van der Waals surface area (Å²) < 4.78 is 0. The van der Waals surface area contributed by atoms with Gasteiger partial charge in [-0.15, -0.1) is 0 Å². The van der Waals surface area contributed by atoms with Gasteiger partial charge in [-0.3, -0.25) is 4.79 Å². The van der Waals surface area contributed by atoms with E-state index >= 15 is 0 Å². The summed E-state index contributed by atoms with van der Waals surface area (Å²) in [7, 11) is 0.